The van der Waals surface area contributed by atoms with Crippen molar-refractivity contribution in [1.29, 1.82) is 0 Å². The van der Waals surface area contributed by atoms with E-state index in [0.29, 0.717) is 5.92 Å². The third-order valence-electron chi connectivity index (χ3n) is 1.64. The van der Waals surface area contributed by atoms with Gasteiger partial charge in [0, 0.05) is 7.11 Å². The summed E-state index contributed by atoms with van der Waals surface area (Å²) < 4.78 is 4.96. The first-order valence-electron chi connectivity index (χ1n) is 3.43. The fourth-order valence-electron chi connectivity index (χ4n) is 0.852. The van der Waals surface area contributed by atoms with E-state index in [4.69, 9.17) is 16.3 Å². The molecular formula is C7H15ClO. The van der Waals surface area contributed by atoms with Gasteiger partial charge in [-0.25, -0.2) is 0 Å². The van der Waals surface area contributed by atoms with Crippen LogP contribution in [0.3, 0.4) is 0 Å². The standard InChI is InChI=1S/C7H15ClO/c1-4-6(5-2)7(8)9-3/h6-7H,4-5H2,1-3H3. The van der Waals surface area contributed by atoms with Gasteiger partial charge in [0.25, 0.3) is 0 Å². The zero-order valence-corrected chi connectivity index (χ0v) is 7.11. The minimum absolute atomic E-state index is 0.0972. The minimum Gasteiger partial charge on any atom is -0.365 e. The lowest BCUT2D eigenvalue weighted by atomic mass is 10.1. The number of alkyl halides is 1. The molecule has 0 N–H and O–H groups in total. The summed E-state index contributed by atoms with van der Waals surface area (Å²) in [5.41, 5.74) is -0.0972. The lowest BCUT2D eigenvalue weighted by molar-refractivity contribution is 0.112. The van der Waals surface area contributed by atoms with Gasteiger partial charge in [-0.15, -0.1) is 0 Å². The largest absolute Gasteiger partial charge is 0.365 e. The second-order valence-corrected chi connectivity index (χ2v) is 2.59. The lowest BCUT2D eigenvalue weighted by Gasteiger charge is -2.16. The normalized spacial score (nSPS) is 14.3. The van der Waals surface area contributed by atoms with Crippen molar-refractivity contribution in [3.8, 4) is 0 Å². The van der Waals surface area contributed by atoms with Crippen molar-refractivity contribution in [3.05, 3.63) is 0 Å². The highest BCUT2D eigenvalue weighted by molar-refractivity contribution is 6.19. The van der Waals surface area contributed by atoms with Crippen molar-refractivity contribution in [3.63, 3.8) is 0 Å². The van der Waals surface area contributed by atoms with Crippen LogP contribution >= 0.6 is 11.6 Å². The van der Waals surface area contributed by atoms with Gasteiger partial charge in [0.1, 0.15) is 5.56 Å². The van der Waals surface area contributed by atoms with E-state index in [9.17, 15) is 0 Å². The molecule has 0 aliphatic rings. The Kier molecular flexibility index (Phi) is 5.21. The Bertz CT molecular complexity index is 61.9. The number of hydrogen-bond acceptors (Lipinski definition) is 1. The van der Waals surface area contributed by atoms with Crippen LogP contribution in [0.1, 0.15) is 26.7 Å². The van der Waals surface area contributed by atoms with Crippen LogP contribution in [0, 0.1) is 5.92 Å². The summed E-state index contributed by atoms with van der Waals surface area (Å²) in [6.45, 7) is 4.26. The molecule has 0 aliphatic carbocycles. The SMILES string of the molecule is CCC(CC)C(Cl)OC. The third kappa shape index (κ3) is 3.07. The Morgan fingerprint density at radius 3 is 1.89 bits per heavy atom. The molecule has 0 heterocycles. The van der Waals surface area contributed by atoms with E-state index < -0.39 is 0 Å². The zero-order valence-electron chi connectivity index (χ0n) is 6.36. The second-order valence-electron chi connectivity index (χ2n) is 2.16. The molecular weight excluding hydrogens is 136 g/mol. The van der Waals surface area contributed by atoms with E-state index in [1.165, 1.54) is 0 Å². The molecule has 0 bridgehead atoms. The van der Waals surface area contributed by atoms with Crippen molar-refractivity contribution >= 4 is 11.6 Å². The van der Waals surface area contributed by atoms with Gasteiger partial charge in [-0.3, -0.25) is 0 Å². The Hall–Kier alpha value is 0.250. The molecule has 0 aromatic carbocycles. The van der Waals surface area contributed by atoms with Gasteiger partial charge in [0.15, 0.2) is 0 Å². The van der Waals surface area contributed by atoms with Crippen molar-refractivity contribution < 1.29 is 4.74 Å². The van der Waals surface area contributed by atoms with Crippen LogP contribution < -0.4 is 0 Å². The van der Waals surface area contributed by atoms with E-state index in [0.717, 1.165) is 12.8 Å². The summed E-state index contributed by atoms with van der Waals surface area (Å²) >= 11 is 5.81. The maximum Gasteiger partial charge on any atom is 0.133 e. The van der Waals surface area contributed by atoms with E-state index in [2.05, 4.69) is 13.8 Å². The molecule has 1 unspecified atom stereocenters. The van der Waals surface area contributed by atoms with E-state index >= 15 is 0 Å². The van der Waals surface area contributed by atoms with Crippen molar-refractivity contribution in [2.75, 3.05) is 7.11 Å². The smallest absolute Gasteiger partial charge is 0.133 e. The van der Waals surface area contributed by atoms with E-state index in [-0.39, 0.29) is 5.56 Å². The molecule has 0 spiro atoms. The van der Waals surface area contributed by atoms with Gasteiger partial charge in [0.2, 0.25) is 0 Å². The molecule has 0 aliphatic heterocycles. The zero-order chi connectivity index (χ0) is 7.28. The average molecular weight is 151 g/mol. The summed E-state index contributed by atoms with van der Waals surface area (Å²) in [6, 6.07) is 0. The maximum atomic E-state index is 5.81. The topological polar surface area (TPSA) is 9.23 Å². The van der Waals surface area contributed by atoms with E-state index in [1.807, 2.05) is 0 Å². The number of halogens is 1. The predicted octanol–water partition coefficient (Wildman–Crippen LogP) is 2.63. The van der Waals surface area contributed by atoms with Gasteiger partial charge in [-0.1, -0.05) is 25.4 Å². The monoisotopic (exact) mass is 150 g/mol. The summed E-state index contributed by atoms with van der Waals surface area (Å²) in [4.78, 5) is 0. The number of hydrogen-bond donors (Lipinski definition) is 0. The summed E-state index contributed by atoms with van der Waals surface area (Å²) in [5, 5.41) is 0. The first-order valence-corrected chi connectivity index (χ1v) is 3.86. The predicted molar refractivity (Wildman–Crippen MR) is 40.7 cm³/mol. The molecule has 0 rings (SSSR count). The van der Waals surface area contributed by atoms with Gasteiger partial charge >= 0.3 is 0 Å². The molecule has 9 heavy (non-hydrogen) atoms. The number of ether oxygens (including phenoxy) is 1. The van der Waals surface area contributed by atoms with Crippen molar-refractivity contribution in [2.45, 2.75) is 32.3 Å². The summed E-state index contributed by atoms with van der Waals surface area (Å²) in [5.74, 6) is 0.511. The van der Waals surface area contributed by atoms with Gasteiger partial charge in [-0.2, -0.15) is 0 Å². The van der Waals surface area contributed by atoms with Gasteiger partial charge in [-0.05, 0) is 18.8 Å². The van der Waals surface area contributed by atoms with Crippen LogP contribution in [0.15, 0.2) is 0 Å². The fraction of sp³-hybridized carbons (Fsp3) is 1.00. The quantitative estimate of drug-likeness (QED) is 0.560. The van der Waals surface area contributed by atoms with Crippen molar-refractivity contribution in [2.24, 2.45) is 5.92 Å². The van der Waals surface area contributed by atoms with Crippen LogP contribution in [-0.2, 0) is 4.74 Å². The van der Waals surface area contributed by atoms with Crippen molar-refractivity contribution in [1.82, 2.24) is 0 Å². The molecule has 0 aromatic heterocycles. The summed E-state index contributed by atoms with van der Waals surface area (Å²) in [7, 11) is 1.65. The number of methoxy groups -OCH3 is 1. The highest BCUT2D eigenvalue weighted by Gasteiger charge is 2.13. The van der Waals surface area contributed by atoms with Gasteiger partial charge < -0.3 is 4.74 Å². The molecule has 2 heteroatoms. The molecule has 0 amide bonds. The fourth-order valence-corrected chi connectivity index (χ4v) is 1.21. The Labute approximate surface area is 62.3 Å². The highest BCUT2D eigenvalue weighted by atomic mass is 35.5. The van der Waals surface area contributed by atoms with Crippen LogP contribution in [0.25, 0.3) is 0 Å². The molecule has 0 saturated heterocycles. The minimum atomic E-state index is -0.0972. The Morgan fingerprint density at radius 1 is 1.33 bits per heavy atom. The molecule has 0 saturated carbocycles. The maximum absolute atomic E-state index is 5.81. The highest BCUT2D eigenvalue weighted by Crippen LogP contribution is 2.18. The van der Waals surface area contributed by atoms with Gasteiger partial charge in [0.05, 0.1) is 0 Å². The molecule has 1 nitrogen and oxygen atoms in total. The third-order valence-corrected chi connectivity index (χ3v) is 2.18. The molecule has 0 radical (unpaired) electrons. The van der Waals surface area contributed by atoms with Crippen LogP contribution in [0.2, 0.25) is 0 Å². The van der Waals surface area contributed by atoms with Crippen LogP contribution in [-0.4, -0.2) is 12.7 Å². The number of rotatable bonds is 4. The molecule has 0 aromatic rings. The van der Waals surface area contributed by atoms with E-state index in [1.54, 1.807) is 7.11 Å². The van der Waals surface area contributed by atoms with Crippen LogP contribution in [0.4, 0.5) is 0 Å². The second kappa shape index (κ2) is 5.07. The first-order chi connectivity index (χ1) is 4.26. The van der Waals surface area contributed by atoms with Crippen LogP contribution in [0.5, 0.6) is 0 Å². The Morgan fingerprint density at radius 2 is 1.78 bits per heavy atom. The molecule has 1 atom stereocenters. The first kappa shape index (κ1) is 9.25. The summed E-state index contributed by atoms with van der Waals surface area (Å²) in [6.07, 6.45) is 2.19. The average Bonchev–Trinajstić information content (AvgIpc) is 1.90. The molecule has 0 fully saturated rings. The Balaban J connectivity index is 3.50. The molecule has 56 valence electrons. The lowest BCUT2D eigenvalue weighted by Crippen LogP contribution is -2.14.